The van der Waals surface area contributed by atoms with Crippen LogP contribution in [0.25, 0.3) is 0 Å². The molecule has 0 heterocycles. The third-order valence-electron chi connectivity index (χ3n) is 3.26. The molecule has 0 spiro atoms. The van der Waals surface area contributed by atoms with Crippen LogP contribution in [-0.2, 0) is 11.2 Å². The van der Waals surface area contributed by atoms with Gasteiger partial charge in [0.15, 0.2) is 0 Å². The summed E-state index contributed by atoms with van der Waals surface area (Å²) in [4.78, 5) is 12.2. The quantitative estimate of drug-likeness (QED) is 0.381. The van der Waals surface area contributed by atoms with Gasteiger partial charge in [0.2, 0.25) is 0 Å². The van der Waals surface area contributed by atoms with Crippen LogP contribution in [0.2, 0.25) is 10.0 Å². The summed E-state index contributed by atoms with van der Waals surface area (Å²) in [7, 11) is 0. The van der Waals surface area contributed by atoms with Crippen molar-refractivity contribution in [1.82, 2.24) is 5.32 Å². The molecule has 0 aliphatic rings. The zero-order chi connectivity index (χ0) is 18.2. The molecule has 2 rings (SSSR count). The Labute approximate surface area is 164 Å². The number of rotatable bonds is 6. The van der Waals surface area contributed by atoms with E-state index >= 15 is 0 Å². The van der Waals surface area contributed by atoms with Crippen LogP contribution in [0.3, 0.4) is 0 Å². The highest BCUT2D eigenvalue weighted by molar-refractivity contribution is 9.10. The predicted molar refractivity (Wildman–Crippen MR) is 105 cm³/mol. The van der Waals surface area contributed by atoms with E-state index in [1.807, 2.05) is 30.3 Å². The lowest BCUT2D eigenvalue weighted by molar-refractivity contribution is -0.112. The molecule has 0 saturated heterocycles. The fourth-order valence-electron chi connectivity index (χ4n) is 2.02. The lowest BCUT2D eigenvalue weighted by Gasteiger charge is -2.08. The molecule has 0 unspecified atom stereocenters. The van der Waals surface area contributed by atoms with Crippen molar-refractivity contribution in [1.29, 1.82) is 5.26 Å². The van der Waals surface area contributed by atoms with Crippen LogP contribution in [0.4, 0.5) is 5.69 Å². The molecule has 4 nitrogen and oxygen atoms in total. The summed E-state index contributed by atoms with van der Waals surface area (Å²) in [6.07, 6.45) is 2.15. The Morgan fingerprint density at radius 2 is 2.00 bits per heavy atom. The molecule has 0 fully saturated rings. The van der Waals surface area contributed by atoms with Crippen molar-refractivity contribution >= 4 is 50.7 Å². The Kier molecular flexibility index (Phi) is 7.32. The summed E-state index contributed by atoms with van der Waals surface area (Å²) in [6, 6.07) is 14.7. The van der Waals surface area contributed by atoms with E-state index in [2.05, 4.69) is 26.6 Å². The number of hydrogen-bond donors (Lipinski definition) is 2. The average molecular weight is 439 g/mol. The molecule has 128 valence electrons. The molecule has 2 aromatic carbocycles. The topological polar surface area (TPSA) is 64.9 Å². The van der Waals surface area contributed by atoms with E-state index in [4.69, 9.17) is 28.5 Å². The van der Waals surface area contributed by atoms with E-state index < -0.39 is 5.91 Å². The molecule has 0 radical (unpaired) electrons. The van der Waals surface area contributed by atoms with Crippen molar-refractivity contribution in [2.75, 3.05) is 11.9 Å². The highest BCUT2D eigenvalue weighted by atomic mass is 79.9. The number of benzene rings is 2. The summed E-state index contributed by atoms with van der Waals surface area (Å²) in [6.45, 7) is 0.590. The number of amides is 1. The van der Waals surface area contributed by atoms with Crippen LogP contribution in [-0.4, -0.2) is 12.5 Å². The number of anilines is 1. The molecule has 2 N–H and O–H groups in total. The van der Waals surface area contributed by atoms with Crippen molar-refractivity contribution in [3.8, 4) is 6.07 Å². The van der Waals surface area contributed by atoms with E-state index in [0.717, 1.165) is 16.5 Å². The minimum atomic E-state index is -0.554. The number of carbonyl (C=O) groups is 1. The zero-order valence-electron chi connectivity index (χ0n) is 13.0. The molecule has 2 aromatic rings. The molecule has 1 amide bonds. The Morgan fingerprint density at radius 1 is 1.24 bits per heavy atom. The van der Waals surface area contributed by atoms with Gasteiger partial charge < -0.3 is 10.6 Å². The van der Waals surface area contributed by atoms with Gasteiger partial charge in [-0.2, -0.15) is 5.26 Å². The van der Waals surface area contributed by atoms with Crippen LogP contribution in [0.1, 0.15) is 5.56 Å². The Bertz CT molecular complexity index is 846. The van der Waals surface area contributed by atoms with Crippen molar-refractivity contribution in [2.45, 2.75) is 6.42 Å². The maximum absolute atomic E-state index is 12.2. The predicted octanol–water partition coefficient (Wildman–Crippen LogP) is 4.93. The maximum atomic E-state index is 12.2. The number of carbonyl (C=O) groups excluding carboxylic acids is 1. The number of nitrogens with zero attached hydrogens (tertiary/aromatic N) is 1. The monoisotopic (exact) mass is 437 g/mol. The van der Waals surface area contributed by atoms with Gasteiger partial charge in [-0.1, -0.05) is 57.3 Å². The lowest BCUT2D eigenvalue weighted by Crippen LogP contribution is -2.18. The van der Waals surface area contributed by atoms with Gasteiger partial charge in [0.05, 0.1) is 15.7 Å². The summed E-state index contributed by atoms with van der Waals surface area (Å²) >= 11 is 15.3. The molecule has 0 aliphatic heterocycles. The van der Waals surface area contributed by atoms with E-state index in [1.165, 1.54) is 6.20 Å². The summed E-state index contributed by atoms with van der Waals surface area (Å²) < 4.78 is 1.01. The summed E-state index contributed by atoms with van der Waals surface area (Å²) in [5.41, 5.74) is 1.45. The molecule has 0 atom stereocenters. The van der Waals surface area contributed by atoms with Gasteiger partial charge in [-0.3, -0.25) is 4.79 Å². The van der Waals surface area contributed by atoms with Crippen molar-refractivity contribution in [3.05, 3.63) is 74.3 Å². The number of nitrogens with one attached hydrogen (secondary N) is 2. The van der Waals surface area contributed by atoms with E-state index in [-0.39, 0.29) is 10.6 Å². The smallest absolute Gasteiger partial charge is 0.267 e. The summed E-state index contributed by atoms with van der Waals surface area (Å²) in [5.74, 6) is -0.554. The standard InChI is InChI=1S/C18H14BrCl2N3O/c19-14-4-1-3-12(9-14)7-8-23-11-13(10-22)18(25)24-16-6-2-5-15(20)17(16)21/h1-6,9,11,23H,7-8H2,(H,24,25)/b13-11-. The van der Waals surface area contributed by atoms with Crippen molar-refractivity contribution < 1.29 is 4.79 Å². The third kappa shape index (κ3) is 5.79. The first-order chi connectivity index (χ1) is 12.0. The second-order valence-electron chi connectivity index (χ2n) is 5.06. The highest BCUT2D eigenvalue weighted by Crippen LogP contribution is 2.29. The largest absolute Gasteiger partial charge is 0.389 e. The normalized spacial score (nSPS) is 10.9. The van der Waals surface area contributed by atoms with E-state index in [9.17, 15) is 4.79 Å². The van der Waals surface area contributed by atoms with Gasteiger partial charge in [-0.25, -0.2) is 0 Å². The van der Waals surface area contributed by atoms with E-state index in [1.54, 1.807) is 18.2 Å². The van der Waals surface area contributed by atoms with Crippen molar-refractivity contribution in [3.63, 3.8) is 0 Å². The van der Waals surface area contributed by atoms with Crippen LogP contribution in [0.15, 0.2) is 58.7 Å². The van der Waals surface area contributed by atoms with Crippen LogP contribution >= 0.6 is 39.1 Å². The lowest BCUT2D eigenvalue weighted by atomic mass is 10.1. The molecule has 0 aliphatic carbocycles. The second kappa shape index (κ2) is 9.47. The molecule has 0 saturated carbocycles. The zero-order valence-corrected chi connectivity index (χ0v) is 16.1. The molecular weight excluding hydrogens is 425 g/mol. The first kappa shape index (κ1) is 19.3. The van der Waals surface area contributed by atoms with Gasteiger partial charge >= 0.3 is 0 Å². The molecule has 0 bridgehead atoms. The van der Waals surface area contributed by atoms with Gasteiger partial charge in [-0.15, -0.1) is 0 Å². The minimum Gasteiger partial charge on any atom is -0.389 e. The number of halogens is 3. The molecule has 25 heavy (non-hydrogen) atoms. The molecular formula is C18H14BrCl2N3O. The number of hydrogen-bond acceptors (Lipinski definition) is 3. The van der Waals surface area contributed by atoms with Gasteiger partial charge in [0, 0.05) is 17.2 Å². The highest BCUT2D eigenvalue weighted by Gasteiger charge is 2.12. The average Bonchev–Trinajstić information content (AvgIpc) is 2.59. The second-order valence-corrected chi connectivity index (χ2v) is 6.76. The Morgan fingerprint density at radius 3 is 2.72 bits per heavy atom. The fourth-order valence-corrected chi connectivity index (χ4v) is 2.82. The van der Waals surface area contributed by atoms with Crippen LogP contribution in [0, 0.1) is 11.3 Å². The fraction of sp³-hybridized carbons (Fsp3) is 0.111. The Hall–Kier alpha value is -2.00. The molecule has 0 aromatic heterocycles. The molecule has 7 heteroatoms. The summed E-state index contributed by atoms with van der Waals surface area (Å²) in [5, 5.41) is 15.3. The van der Waals surface area contributed by atoms with Gasteiger partial charge in [0.25, 0.3) is 5.91 Å². The van der Waals surface area contributed by atoms with Gasteiger partial charge in [0.1, 0.15) is 11.6 Å². The van der Waals surface area contributed by atoms with E-state index in [0.29, 0.717) is 17.3 Å². The first-order valence-corrected chi connectivity index (χ1v) is 8.89. The van der Waals surface area contributed by atoms with Crippen LogP contribution in [0.5, 0.6) is 0 Å². The maximum Gasteiger partial charge on any atom is 0.267 e. The number of nitriles is 1. The van der Waals surface area contributed by atoms with Crippen LogP contribution < -0.4 is 10.6 Å². The minimum absolute atomic E-state index is 0.0507. The van der Waals surface area contributed by atoms with Crippen molar-refractivity contribution in [2.24, 2.45) is 0 Å². The SMILES string of the molecule is N#C/C(=C/NCCc1cccc(Br)c1)C(=O)Nc1cccc(Cl)c1Cl. The Balaban J connectivity index is 1.94. The third-order valence-corrected chi connectivity index (χ3v) is 4.57. The van der Waals surface area contributed by atoms with Gasteiger partial charge in [-0.05, 0) is 36.2 Å². The first-order valence-electron chi connectivity index (χ1n) is 7.34.